The van der Waals surface area contributed by atoms with Crippen LogP contribution in [0.3, 0.4) is 0 Å². The second-order valence-corrected chi connectivity index (χ2v) is 13.4. The van der Waals surface area contributed by atoms with E-state index >= 15 is 0 Å². The number of ether oxygens (including phenoxy) is 9. The Hall–Kier alpha value is -6.05. The fourth-order valence-corrected chi connectivity index (χ4v) is 6.47. The molecule has 18 nitrogen and oxygen atoms in total. The molecule has 2 heterocycles. The highest BCUT2D eigenvalue weighted by Crippen LogP contribution is 2.39. The van der Waals surface area contributed by atoms with E-state index in [4.69, 9.17) is 42.6 Å². The number of carbonyl (C=O) groups excluding carboxylic acids is 7. The normalized spacial score (nSPS) is 27.6. The molecule has 0 unspecified atom stereocenters. The Bertz CT molecular complexity index is 1970. The maximum atomic E-state index is 14.3. The van der Waals surface area contributed by atoms with Crippen LogP contribution in [0.1, 0.15) is 58.8 Å². The highest BCUT2D eigenvalue weighted by atomic mass is 16.8. The third-order valence-electron chi connectivity index (χ3n) is 9.05. The summed E-state index contributed by atoms with van der Waals surface area (Å²) in [5, 5.41) is 24.0. The van der Waals surface area contributed by atoms with Crippen LogP contribution in [0, 0.1) is 0 Å². The molecule has 10 atom stereocenters. The molecule has 3 aromatic rings. The zero-order chi connectivity index (χ0) is 42.9. The maximum Gasteiger partial charge on any atom is 0.338 e. The van der Waals surface area contributed by atoms with Crippen molar-refractivity contribution in [2.75, 3.05) is 13.2 Å². The van der Waals surface area contributed by atoms with Gasteiger partial charge in [0, 0.05) is 33.3 Å². The van der Waals surface area contributed by atoms with E-state index in [9.17, 15) is 43.8 Å². The van der Waals surface area contributed by atoms with Crippen LogP contribution in [-0.2, 0) is 61.8 Å². The smallest absolute Gasteiger partial charge is 0.338 e. The lowest BCUT2D eigenvalue weighted by Gasteiger charge is -2.50. The average Bonchev–Trinajstić information content (AvgIpc) is 3.21. The molecule has 314 valence electrons. The Kier molecular flexibility index (Phi) is 14.6. The fraction of sp³-hybridized carbons (Fsp3) is 0.390. The molecule has 2 aliphatic rings. The van der Waals surface area contributed by atoms with Crippen molar-refractivity contribution in [2.24, 2.45) is 0 Å². The predicted molar refractivity (Wildman–Crippen MR) is 196 cm³/mol. The first-order valence-electron chi connectivity index (χ1n) is 18.2. The molecule has 2 aliphatic heterocycles. The van der Waals surface area contributed by atoms with Gasteiger partial charge >= 0.3 is 35.8 Å². The molecule has 18 heteroatoms. The molecular weight excluding hydrogens is 780 g/mol. The van der Waals surface area contributed by atoms with Crippen molar-refractivity contribution in [3.05, 3.63) is 108 Å². The van der Waals surface area contributed by atoms with Crippen LogP contribution in [0.15, 0.2) is 91.0 Å². The van der Waals surface area contributed by atoms with Gasteiger partial charge in [-0.1, -0.05) is 66.7 Å². The number of rotatable bonds is 14. The Balaban J connectivity index is 1.66. The second-order valence-electron chi connectivity index (χ2n) is 13.4. The van der Waals surface area contributed by atoms with Gasteiger partial charge in [-0.15, -0.1) is 0 Å². The predicted octanol–water partition coefficient (Wildman–Crippen LogP) is 1.87. The molecule has 0 spiro atoms. The highest BCUT2D eigenvalue weighted by Gasteiger charge is 2.64. The molecule has 0 aromatic heterocycles. The van der Waals surface area contributed by atoms with Crippen LogP contribution < -0.4 is 0 Å². The minimum absolute atomic E-state index is 0.0684. The van der Waals surface area contributed by atoms with Gasteiger partial charge in [0.1, 0.15) is 31.5 Å². The molecule has 2 fully saturated rings. The quantitative estimate of drug-likeness (QED) is 0.134. The lowest BCUT2D eigenvalue weighted by Crippen LogP contribution is -2.73. The second kappa shape index (κ2) is 19.6. The highest BCUT2D eigenvalue weighted by molar-refractivity contribution is 6.03. The molecule has 3 aromatic carbocycles. The third kappa shape index (κ3) is 10.7. The summed E-state index contributed by atoms with van der Waals surface area (Å²) in [5.74, 6) is -6.86. The SMILES string of the molecule is CC(=O)OC[C@H]1O[C@H](O[C@H]2[C@@H](COC(=O)c3ccccc3)O[C@H](O)[C@@](O)(C(=O)c3ccccc3)[C@H]2OC(=O)c2ccccc2)[C@H](OC(C)=O)[C@@H](OC(C)=O)[C@H]1OC(C)=O. The summed E-state index contributed by atoms with van der Waals surface area (Å²) in [5.41, 5.74) is -3.32. The molecule has 0 amide bonds. The molecular formula is C41H42O18. The standard InChI is InChI=1S/C41H42O18/c1-22(42)51-20-29-31(53-23(2)43)33(54-24(3)44)34(55-25(4)45)39(56-29)58-32-30(21-52-37(47)27-16-10-6-11-17-27)57-40(49)41(50,35(46)26-14-8-5-9-15-26)36(32)59-38(48)28-18-12-7-13-19-28/h5-19,29-34,36,39-40,49-50H,20-21H2,1-4H3/t29-,30-,31+,32+,33+,34-,36+,39-,40+,41-/m1/s1. The molecule has 0 saturated carbocycles. The van der Waals surface area contributed by atoms with E-state index in [0.717, 1.165) is 27.7 Å². The van der Waals surface area contributed by atoms with E-state index in [1.54, 1.807) is 30.3 Å². The number of aliphatic hydroxyl groups is 2. The largest absolute Gasteiger partial charge is 0.463 e. The van der Waals surface area contributed by atoms with Gasteiger partial charge in [0.05, 0.1) is 11.1 Å². The first-order valence-corrected chi connectivity index (χ1v) is 18.2. The number of carbonyl (C=O) groups is 7. The summed E-state index contributed by atoms with van der Waals surface area (Å²) in [4.78, 5) is 90.7. The van der Waals surface area contributed by atoms with Crippen molar-refractivity contribution in [1.29, 1.82) is 0 Å². The lowest BCUT2D eigenvalue weighted by atomic mass is 9.80. The van der Waals surface area contributed by atoms with Crippen LogP contribution in [0.25, 0.3) is 0 Å². The Morgan fingerprint density at radius 2 is 1.00 bits per heavy atom. The summed E-state index contributed by atoms with van der Waals surface area (Å²) >= 11 is 0. The zero-order valence-electron chi connectivity index (χ0n) is 32.2. The summed E-state index contributed by atoms with van der Waals surface area (Å²) in [6.07, 6.45) is -17.2. The molecule has 2 N–H and O–H groups in total. The van der Waals surface area contributed by atoms with E-state index in [1.165, 1.54) is 60.7 Å². The third-order valence-corrected chi connectivity index (χ3v) is 9.05. The number of esters is 6. The van der Waals surface area contributed by atoms with Crippen molar-refractivity contribution in [2.45, 2.75) is 88.6 Å². The molecule has 59 heavy (non-hydrogen) atoms. The van der Waals surface area contributed by atoms with Gasteiger partial charge in [-0.2, -0.15) is 0 Å². The Labute approximate surface area is 337 Å². The minimum Gasteiger partial charge on any atom is -0.463 e. The van der Waals surface area contributed by atoms with Crippen molar-refractivity contribution in [1.82, 2.24) is 0 Å². The van der Waals surface area contributed by atoms with E-state index in [0.29, 0.717) is 0 Å². The van der Waals surface area contributed by atoms with Crippen LogP contribution in [0.4, 0.5) is 0 Å². The number of hydrogen-bond acceptors (Lipinski definition) is 18. The van der Waals surface area contributed by atoms with Crippen molar-refractivity contribution in [3.8, 4) is 0 Å². The summed E-state index contributed by atoms with van der Waals surface area (Å²) in [6.45, 7) is 2.64. The molecule has 0 bridgehead atoms. The monoisotopic (exact) mass is 822 g/mol. The van der Waals surface area contributed by atoms with Crippen molar-refractivity contribution >= 4 is 41.6 Å². The van der Waals surface area contributed by atoms with Crippen LogP contribution in [0.2, 0.25) is 0 Å². The molecule has 0 radical (unpaired) electrons. The summed E-state index contributed by atoms with van der Waals surface area (Å²) in [7, 11) is 0. The summed E-state index contributed by atoms with van der Waals surface area (Å²) < 4.78 is 51.3. The van der Waals surface area contributed by atoms with Crippen molar-refractivity contribution in [3.63, 3.8) is 0 Å². The molecule has 2 saturated heterocycles. The first kappa shape index (κ1) is 44.1. The van der Waals surface area contributed by atoms with Crippen LogP contribution >= 0.6 is 0 Å². The molecule has 0 aliphatic carbocycles. The number of hydrogen-bond donors (Lipinski definition) is 2. The van der Waals surface area contributed by atoms with E-state index in [1.807, 2.05) is 0 Å². The van der Waals surface area contributed by atoms with Crippen LogP contribution in [-0.4, -0.2) is 126 Å². The van der Waals surface area contributed by atoms with Crippen LogP contribution in [0.5, 0.6) is 0 Å². The van der Waals surface area contributed by atoms with Gasteiger partial charge in [-0.25, -0.2) is 9.59 Å². The number of aliphatic hydroxyl groups excluding tert-OH is 1. The minimum atomic E-state index is -3.19. The van der Waals surface area contributed by atoms with Gasteiger partial charge in [-0.05, 0) is 24.3 Å². The number of ketones is 1. The molecule has 5 rings (SSSR count). The van der Waals surface area contributed by atoms with Crippen molar-refractivity contribution < 1.29 is 86.4 Å². The zero-order valence-corrected chi connectivity index (χ0v) is 32.2. The van der Waals surface area contributed by atoms with Gasteiger partial charge in [-0.3, -0.25) is 24.0 Å². The van der Waals surface area contributed by atoms with E-state index in [-0.39, 0.29) is 16.7 Å². The maximum absolute atomic E-state index is 14.3. The Morgan fingerprint density at radius 3 is 1.53 bits per heavy atom. The first-order chi connectivity index (χ1) is 28.1. The van der Waals surface area contributed by atoms with E-state index < -0.39 is 116 Å². The van der Waals surface area contributed by atoms with Gasteiger partial charge in [0.15, 0.2) is 37.0 Å². The van der Waals surface area contributed by atoms with Gasteiger partial charge in [0.25, 0.3) is 0 Å². The topological polar surface area (TPSA) is 243 Å². The average molecular weight is 823 g/mol. The van der Waals surface area contributed by atoms with Gasteiger partial charge in [0.2, 0.25) is 11.4 Å². The number of Topliss-reactive ketones (excluding diaryl/α,β-unsaturated/α-hetero) is 1. The lowest BCUT2D eigenvalue weighted by molar-refractivity contribution is -0.364. The van der Waals surface area contributed by atoms with Gasteiger partial charge < -0.3 is 52.8 Å². The fourth-order valence-electron chi connectivity index (χ4n) is 6.47. The number of benzene rings is 3. The Morgan fingerprint density at radius 1 is 0.542 bits per heavy atom. The van der Waals surface area contributed by atoms with E-state index in [2.05, 4.69) is 0 Å². The summed E-state index contributed by atoms with van der Waals surface area (Å²) in [6, 6.07) is 22.2.